The number of sulfonamides is 1. The summed E-state index contributed by atoms with van der Waals surface area (Å²) in [5.41, 5.74) is 4.61. The van der Waals surface area contributed by atoms with Crippen LogP contribution in [0.4, 0.5) is 5.69 Å². The second-order valence-corrected chi connectivity index (χ2v) is 15.7. The second-order valence-electron chi connectivity index (χ2n) is 12.9. The predicted molar refractivity (Wildman–Crippen MR) is 202 cm³/mol. The molecule has 1 heterocycles. The van der Waals surface area contributed by atoms with E-state index < -0.39 is 28.3 Å². The van der Waals surface area contributed by atoms with Crippen LogP contribution in [0, 0.1) is 12.8 Å². The largest absolute Gasteiger partial charge is 0.508 e. The highest BCUT2D eigenvalue weighted by molar-refractivity contribution is 7.99. The van der Waals surface area contributed by atoms with Crippen molar-refractivity contribution in [3.8, 4) is 5.75 Å². The standard InChI is InChI=1S/C41H42N2O7S2/c1-27-11-21-36(22-12-27)52(47,48)43-37(23-29-7-4-3-5-8-29)40(46)42-33-10-6-9-32(24-33)41-49-38(26-51-35-19-17-34(45)18-20-35)28(2)39(50-41)31-15-13-30(25-44)14-16-31/h3-22,24,28,37-39,41,43-45H,23,25-26H2,1-2H3,(H,42,46)/t28-,37+,38+,39+,41?/m0/s1. The van der Waals surface area contributed by atoms with E-state index in [0.717, 1.165) is 27.1 Å². The number of carbonyl (C=O) groups excluding carboxylic acids is 1. The Bertz CT molecular complexity index is 2040. The van der Waals surface area contributed by atoms with Crippen molar-refractivity contribution in [3.05, 3.63) is 155 Å². The molecule has 270 valence electrons. The minimum absolute atomic E-state index is 0.0379. The van der Waals surface area contributed by atoms with Crippen LogP contribution in [-0.4, -0.2) is 42.4 Å². The summed E-state index contributed by atoms with van der Waals surface area (Å²) >= 11 is 1.62. The highest BCUT2D eigenvalue weighted by atomic mass is 32.2. The van der Waals surface area contributed by atoms with Gasteiger partial charge in [-0.05, 0) is 78.6 Å². The Morgan fingerprint density at radius 3 is 2.23 bits per heavy atom. The lowest BCUT2D eigenvalue weighted by Crippen LogP contribution is -2.45. The molecule has 0 aromatic heterocycles. The highest BCUT2D eigenvalue weighted by Gasteiger charge is 2.38. The number of carbonyl (C=O) groups is 1. The first kappa shape index (κ1) is 37.3. The maximum Gasteiger partial charge on any atom is 0.242 e. The van der Waals surface area contributed by atoms with Crippen LogP contribution in [-0.2, 0) is 37.3 Å². The molecule has 0 bridgehead atoms. The van der Waals surface area contributed by atoms with E-state index in [2.05, 4.69) is 17.0 Å². The number of aliphatic hydroxyl groups excluding tert-OH is 1. The fraction of sp³-hybridized carbons (Fsp3) is 0.244. The molecule has 0 saturated carbocycles. The number of aromatic hydroxyl groups is 1. The Morgan fingerprint density at radius 1 is 0.827 bits per heavy atom. The van der Waals surface area contributed by atoms with Crippen molar-refractivity contribution >= 4 is 33.4 Å². The van der Waals surface area contributed by atoms with Crippen LogP contribution in [0.25, 0.3) is 0 Å². The summed E-state index contributed by atoms with van der Waals surface area (Å²) in [6.07, 6.45) is -1.20. The smallest absolute Gasteiger partial charge is 0.242 e. The second kappa shape index (κ2) is 16.9. The average molecular weight is 739 g/mol. The topological polar surface area (TPSA) is 134 Å². The summed E-state index contributed by atoms with van der Waals surface area (Å²) in [4.78, 5) is 14.9. The first-order valence-electron chi connectivity index (χ1n) is 17.0. The molecule has 1 unspecified atom stereocenters. The summed E-state index contributed by atoms with van der Waals surface area (Å²) in [6, 6.07) is 36.5. The molecule has 5 aromatic carbocycles. The fourth-order valence-electron chi connectivity index (χ4n) is 6.03. The third-order valence-corrected chi connectivity index (χ3v) is 11.6. The summed E-state index contributed by atoms with van der Waals surface area (Å²) < 4.78 is 42.7. The third-order valence-electron chi connectivity index (χ3n) is 9.03. The number of amides is 1. The lowest BCUT2D eigenvalue weighted by Gasteiger charge is -2.41. The van der Waals surface area contributed by atoms with Gasteiger partial charge < -0.3 is 25.0 Å². The SMILES string of the molecule is Cc1ccc(S(=O)(=O)N[C@H](Cc2ccccc2)C(=O)Nc2cccc(C3O[C@H](CSc4ccc(O)cc4)[C@H](C)[C@H](c4ccc(CO)cc4)O3)c2)cc1. The van der Waals surface area contributed by atoms with E-state index in [-0.39, 0.29) is 41.8 Å². The van der Waals surface area contributed by atoms with Gasteiger partial charge in [-0.25, -0.2) is 8.42 Å². The van der Waals surface area contributed by atoms with E-state index in [1.807, 2.05) is 79.7 Å². The van der Waals surface area contributed by atoms with Crippen molar-refractivity contribution in [2.75, 3.05) is 11.1 Å². The number of phenolic OH excluding ortho intramolecular Hbond substituents is 1. The van der Waals surface area contributed by atoms with Gasteiger partial charge in [-0.3, -0.25) is 4.79 Å². The molecular weight excluding hydrogens is 697 g/mol. The van der Waals surface area contributed by atoms with Crippen molar-refractivity contribution in [3.63, 3.8) is 0 Å². The minimum atomic E-state index is -4.01. The van der Waals surface area contributed by atoms with Crippen LogP contribution < -0.4 is 10.0 Å². The zero-order valence-electron chi connectivity index (χ0n) is 28.9. The monoisotopic (exact) mass is 738 g/mol. The molecule has 1 amide bonds. The van der Waals surface area contributed by atoms with E-state index in [1.165, 1.54) is 12.1 Å². The van der Waals surface area contributed by atoms with Crippen LogP contribution in [0.1, 0.15) is 47.1 Å². The quantitative estimate of drug-likeness (QED) is 0.0925. The Balaban J connectivity index is 1.24. The summed E-state index contributed by atoms with van der Waals surface area (Å²) in [5, 5.41) is 22.3. The van der Waals surface area contributed by atoms with E-state index in [9.17, 15) is 23.4 Å². The van der Waals surface area contributed by atoms with Gasteiger partial charge in [-0.2, -0.15) is 4.72 Å². The molecule has 1 saturated heterocycles. The highest BCUT2D eigenvalue weighted by Crippen LogP contribution is 2.43. The minimum Gasteiger partial charge on any atom is -0.508 e. The molecule has 4 N–H and O–H groups in total. The van der Waals surface area contributed by atoms with Gasteiger partial charge in [0.05, 0.1) is 23.7 Å². The molecule has 11 heteroatoms. The lowest BCUT2D eigenvalue weighted by atomic mass is 9.91. The predicted octanol–water partition coefficient (Wildman–Crippen LogP) is 7.30. The molecule has 5 aromatic rings. The van der Waals surface area contributed by atoms with Gasteiger partial charge >= 0.3 is 0 Å². The number of nitrogens with one attached hydrogen (secondary N) is 2. The number of hydrogen-bond donors (Lipinski definition) is 4. The normalized spacial score (nSPS) is 19.5. The number of benzene rings is 5. The molecule has 52 heavy (non-hydrogen) atoms. The summed E-state index contributed by atoms with van der Waals surface area (Å²) in [6.45, 7) is 3.90. The van der Waals surface area contributed by atoms with Crippen molar-refractivity contribution < 1.29 is 32.9 Å². The lowest BCUT2D eigenvalue weighted by molar-refractivity contribution is -0.268. The van der Waals surface area contributed by atoms with E-state index in [0.29, 0.717) is 17.0 Å². The van der Waals surface area contributed by atoms with Crippen LogP contribution in [0.5, 0.6) is 5.75 Å². The van der Waals surface area contributed by atoms with Crippen LogP contribution in [0.15, 0.2) is 137 Å². The number of thioether (sulfide) groups is 1. The zero-order chi connectivity index (χ0) is 36.7. The molecule has 1 aliphatic heterocycles. The third kappa shape index (κ3) is 9.48. The summed E-state index contributed by atoms with van der Waals surface area (Å²) in [5.74, 6) is 0.272. The van der Waals surface area contributed by atoms with E-state index in [1.54, 1.807) is 54.2 Å². The molecule has 0 aliphatic carbocycles. The van der Waals surface area contributed by atoms with Gasteiger partial charge in [0, 0.05) is 27.8 Å². The molecular formula is C41H42N2O7S2. The Kier molecular flexibility index (Phi) is 12.1. The van der Waals surface area contributed by atoms with Gasteiger partial charge in [-0.15, -0.1) is 11.8 Å². The molecule has 0 radical (unpaired) electrons. The Hall–Kier alpha value is -4.49. The Morgan fingerprint density at radius 2 is 1.54 bits per heavy atom. The molecule has 9 nitrogen and oxygen atoms in total. The molecule has 5 atom stereocenters. The van der Waals surface area contributed by atoms with Crippen LogP contribution in [0.3, 0.4) is 0 Å². The van der Waals surface area contributed by atoms with Gasteiger partial charge in [-0.1, -0.05) is 91.3 Å². The van der Waals surface area contributed by atoms with Crippen molar-refractivity contribution in [2.45, 2.75) is 61.2 Å². The number of aliphatic hydroxyl groups is 1. The summed E-state index contributed by atoms with van der Waals surface area (Å²) in [7, 11) is -4.01. The number of ether oxygens (including phenoxy) is 2. The maximum absolute atomic E-state index is 13.9. The maximum atomic E-state index is 13.9. The van der Waals surface area contributed by atoms with E-state index in [4.69, 9.17) is 9.47 Å². The van der Waals surface area contributed by atoms with Crippen molar-refractivity contribution in [1.29, 1.82) is 0 Å². The van der Waals surface area contributed by atoms with Crippen LogP contribution in [0.2, 0.25) is 0 Å². The van der Waals surface area contributed by atoms with Gasteiger partial charge in [0.15, 0.2) is 6.29 Å². The number of rotatable bonds is 13. The van der Waals surface area contributed by atoms with Gasteiger partial charge in [0.1, 0.15) is 11.8 Å². The zero-order valence-corrected chi connectivity index (χ0v) is 30.5. The van der Waals surface area contributed by atoms with E-state index >= 15 is 0 Å². The fourth-order valence-corrected chi connectivity index (χ4v) is 8.30. The number of hydrogen-bond acceptors (Lipinski definition) is 8. The van der Waals surface area contributed by atoms with Crippen molar-refractivity contribution in [1.82, 2.24) is 4.72 Å². The molecule has 0 spiro atoms. The van der Waals surface area contributed by atoms with Gasteiger partial charge in [0.25, 0.3) is 0 Å². The first-order chi connectivity index (χ1) is 25.1. The Labute approximate surface area is 309 Å². The first-order valence-corrected chi connectivity index (χ1v) is 19.5. The van der Waals surface area contributed by atoms with Crippen molar-refractivity contribution in [2.24, 2.45) is 5.92 Å². The average Bonchev–Trinajstić information content (AvgIpc) is 3.15. The molecule has 1 aliphatic rings. The number of aryl methyl sites for hydroxylation is 1. The molecule has 6 rings (SSSR count). The number of anilines is 1. The number of phenols is 1. The van der Waals surface area contributed by atoms with Gasteiger partial charge in [0.2, 0.25) is 15.9 Å². The van der Waals surface area contributed by atoms with Crippen LogP contribution >= 0.6 is 11.8 Å². The molecule has 1 fully saturated rings.